The normalized spacial score (nSPS) is 15.8. The summed E-state index contributed by atoms with van der Waals surface area (Å²) in [6.07, 6.45) is 2.53. The Labute approximate surface area is 216 Å². The minimum absolute atomic E-state index is 0.163. The molecule has 37 heavy (non-hydrogen) atoms. The van der Waals surface area contributed by atoms with Gasteiger partial charge in [-0.25, -0.2) is 4.79 Å². The van der Waals surface area contributed by atoms with Crippen LogP contribution in [0.25, 0.3) is 5.57 Å². The van der Waals surface area contributed by atoms with E-state index in [0.717, 1.165) is 41.7 Å². The predicted octanol–water partition coefficient (Wildman–Crippen LogP) is 3.43. The number of hydrogen-bond donors (Lipinski definition) is 4. The second kappa shape index (κ2) is 9.62. The lowest BCUT2D eigenvalue weighted by atomic mass is 10.1. The Hall–Kier alpha value is -4.31. The van der Waals surface area contributed by atoms with Crippen molar-refractivity contribution in [3.8, 4) is 11.6 Å². The summed E-state index contributed by atoms with van der Waals surface area (Å²) in [7, 11) is 0. The molecule has 0 radical (unpaired) electrons. The van der Waals surface area contributed by atoms with E-state index in [1.807, 2.05) is 25.1 Å². The summed E-state index contributed by atoms with van der Waals surface area (Å²) in [5.41, 5.74) is 8.61. The summed E-state index contributed by atoms with van der Waals surface area (Å²) in [6.45, 7) is 3.94. The lowest BCUT2D eigenvalue weighted by molar-refractivity contribution is 0.453. The fourth-order valence-electron chi connectivity index (χ4n) is 4.75. The Morgan fingerprint density at radius 1 is 1.22 bits per heavy atom. The smallest absolute Gasteiger partial charge is 0.340 e. The number of fused-ring (bicyclic) bond motifs is 2. The van der Waals surface area contributed by atoms with E-state index in [4.69, 9.17) is 4.74 Å². The monoisotopic (exact) mass is 514 g/mol. The summed E-state index contributed by atoms with van der Waals surface area (Å²) >= 11 is 1.44. The molecule has 0 atom stereocenters. The van der Waals surface area contributed by atoms with E-state index < -0.39 is 5.69 Å². The number of H-pyrrole nitrogens is 2. The number of amidine groups is 1. The second-order valence-corrected chi connectivity index (χ2v) is 10.1. The van der Waals surface area contributed by atoms with Crippen LogP contribution >= 0.6 is 11.3 Å². The van der Waals surface area contributed by atoms with Crippen LogP contribution in [0.3, 0.4) is 0 Å². The quantitative estimate of drug-likeness (QED) is 0.282. The van der Waals surface area contributed by atoms with E-state index in [1.54, 1.807) is 0 Å². The highest BCUT2D eigenvalue weighted by Crippen LogP contribution is 2.31. The number of imidazole rings is 1. The summed E-state index contributed by atoms with van der Waals surface area (Å²) < 4.78 is 7.43. The third-order valence-corrected chi connectivity index (χ3v) is 7.52. The number of hydrogen-bond acceptors (Lipinski definition) is 7. The van der Waals surface area contributed by atoms with Crippen LogP contribution < -0.4 is 30.0 Å². The molecule has 4 heterocycles. The first-order valence-corrected chi connectivity index (χ1v) is 13.1. The molecule has 0 unspecified atom stereocenters. The zero-order valence-corrected chi connectivity index (χ0v) is 21.1. The third-order valence-electron chi connectivity index (χ3n) is 6.45. The van der Waals surface area contributed by atoms with Crippen LogP contribution in [0.1, 0.15) is 36.6 Å². The van der Waals surface area contributed by atoms with Gasteiger partial charge in [0.25, 0.3) is 0 Å². The highest BCUT2D eigenvalue weighted by molar-refractivity contribution is 7.07. The van der Waals surface area contributed by atoms with Gasteiger partial charge >= 0.3 is 11.7 Å². The molecular formula is C27H26N6O3S. The molecule has 2 aromatic heterocycles. The molecule has 0 amide bonds. The number of aromatic nitrogens is 2. The van der Waals surface area contributed by atoms with Crippen LogP contribution in [-0.2, 0) is 13.0 Å². The molecule has 0 spiro atoms. The van der Waals surface area contributed by atoms with Gasteiger partial charge in [-0.05, 0) is 47.7 Å². The Morgan fingerprint density at radius 2 is 2.08 bits per heavy atom. The second-order valence-electron chi connectivity index (χ2n) is 9.03. The molecular weight excluding hydrogens is 488 g/mol. The molecule has 0 aliphatic carbocycles. The van der Waals surface area contributed by atoms with Crippen molar-refractivity contribution in [3.63, 3.8) is 0 Å². The molecule has 4 N–H and O–H groups in total. The average molecular weight is 515 g/mol. The van der Waals surface area contributed by atoms with Crippen LogP contribution in [0, 0.1) is 0 Å². The molecule has 0 saturated carbocycles. The first kappa shape index (κ1) is 23.1. The number of anilines is 2. The molecule has 0 saturated heterocycles. The molecule has 10 heteroatoms. The van der Waals surface area contributed by atoms with Crippen molar-refractivity contribution in [1.29, 1.82) is 0 Å². The van der Waals surface area contributed by atoms with Gasteiger partial charge in [0, 0.05) is 29.4 Å². The van der Waals surface area contributed by atoms with Crippen molar-refractivity contribution in [2.24, 2.45) is 10.1 Å². The van der Waals surface area contributed by atoms with Gasteiger partial charge in [-0.2, -0.15) is 4.99 Å². The van der Waals surface area contributed by atoms with Crippen LogP contribution in [0.15, 0.2) is 69.5 Å². The van der Waals surface area contributed by atoms with Gasteiger partial charge in [0.1, 0.15) is 5.69 Å². The zero-order valence-electron chi connectivity index (χ0n) is 20.2. The molecule has 6 rings (SSSR count). The van der Waals surface area contributed by atoms with Crippen LogP contribution in [0.5, 0.6) is 11.6 Å². The molecule has 0 fully saturated rings. The lowest BCUT2D eigenvalue weighted by Gasteiger charge is -2.19. The van der Waals surface area contributed by atoms with E-state index in [0.29, 0.717) is 22.5 Å². The topological polar surface area (TPSA) is 118 Å². The number of thiophene rings is 1. The van der Waals surface area contributed by atoms with Gasteiger partial charge in [0.2, 0.25) is 5.88 Å². The number of nitrogens with one attached hydrogen (secondary N) is 3. The minimum atomic E-state index is -0.443. The number of rotatable bonds is 7. The summed E-state index contributed by atoms with van der Waals surface area (Å²) in [6, 6.07) is 18.9. The van der Waals surface area contributed by atoms with Crippen LogP contribution in [-0.4, -0.2) is 27.6 Å². The van der Waals surface area contributed by atoms with Crippen molar-refractivity contribution in [1.82, 2.24) is 9.97 Å². The van der Waals surface area contributed by atoms with E-state index in [-0.39, 0.29) is 11.9 Å². The van der Waals surface area contributed by atoms with E-state index in [1.165, 1.54) is 28.2 Å². The summed E-state index contributed by atoms with van der Waals surface area (Å²) in [4.78, 5) is 23.6. The Kier molecular flexibility index (Phi) is 6.01. The Bertz CT molecular complexity index is 1670. The minimum Gasteiger partial charge on any atom is -0.493 e. The summed E-state index contributed by atoms with van der Waals surface area (Å²) in [5, 5.41) is 14.5. The number of aromatic hydroxyl groups is 1. The molecule has 0 bridgehead atoms. The average Bonchev–Trinajstić information content (AvgIpc) is 3.65. The fraction of sp³-hybridized carbons (Fsp3) is 0.222. The largest absolute Gasteiger partial charge is 0.493 e. The zero-order chi connectivity index (χ0) is 25.4. The molecule has 2 aliphatic rings. The predicted molar refractivity (Wildman–Crippen MR) is 145 cm³/mol. The Morgan fingerprint density at radius 3 is 2.84 bits per heavy atom. The maximum atomic E-state index is 11.6. The number of ether oxygens (including phenoxy) is 1. The van der Waals surface area contributed by atoms with Crippen molar-refractivity contribution in [2.45, 2.75) is 32.7 Å². The summed E-state index contributed by atoms with van der Waals surface area (Å²) in [5.74, 6) is 0.445. The standard InChI is InChI=1S/C27H26N6O3S/c1-2-6-19(23-24(34)29-26(35)28-23)22-14-21-25(37-22)30-27(36-21)32-31-18-9-10-20-17(13-18)11-12-33(20)15-16-7-4-3-5-8-16/h3-5,7-10,13-14,31,34H,2,6,11-12,15H2,1H3,(H2,28,29,35). The van der Waals surface area contributed by atoms with E-state index >= 15 is 0 Å². The molecule has 2 aromatic carbocycles. The first-order valence-electron chi connectivity index (χ1n) is 12.2. The van der Waals surface area contributed by atoms with Crippen LogP contribution in [0.4, 0.5) is 11.4 Å². The number of nitrogens with zero attached hydrogens (tertiary/aromatic N) is 3. The molecule has 9 nitrogen and oxygen atoms in total. The van der Waals surface area contributed by atoms with Crippen molar-refractivity contribution < 1.29 is 9.84 Å². The highest BCUT2D eigenvalue weighted by Gasteiger charge is 2.21. The van der Waals surface area contributed by atoms with Gasteiger partial charge < -0.3 is 19.7 Å². The van der Waals surface area contributed by atoms with Crippen molar-refractivity contribution in [2.75, 3.05) is 16.9 Å². The number of aromatic amines is 2. The molecule has 2 aliphatic heterocycles. The number of benzene rings is 2. The SMILES string of the molecule is CCCC(c1[nH]c(=O)[nH]c1O)=c1cc2c(s1)=NC(=NNc1ccc3c(c1)CCN3Cc1ccccc1)O2. The van der Waals surface area contributed by atoms with Gasteiger partial charge in [0.15, 0.2) is 10.4 Å². The maximum Gasteiger partial charge on any atom is 0.340 e. The van der Waals surface area contributed by atoms with Gasteiger partial charge in [-0.15, -0.1) is 16.4 Å². The van der Waals surface area contributed by atoms with Gasteiger partial charge in [-0.3, -0.25) is 10.4 Å². The fourth-order valence-corrected chi connectivity index (χ4v) is 5.78. The molecule has 188 valence electrons. The third kappa shape index (κ3) is 4.63. The number of hydrazone groups is 1. The van der Waals surface area contributed by atoms with Gasteiger partial charge in [-0.1, -0.05) is 43.7 Å². The highest BCUT2D eigenvalue weighted by atomic mass is 32.1. The van der Waals surface area contributed by atoms with E-state index in [9.17, 15) is 9.90 Å². The lowest BCUT2D eigenvalue weighted by Crippen LogP contribution is -2.19. The van der Waals surface area contributed by atoms with Crippen molar-refractivity contribution in [3.05, 3.63) is 91.1 Å². The van der Waals surface area contributed by atoms with E-state index in [2.05, 4.69) is 66.8 Å². The van der Waals surface area contributed by atoms with Crippen molar-refractivity contribution >= 4 is 34.3 Å². The first-order chi connectivity index (χ1) is 18.1. The van der Waals surface area contributed by atoms with Gasteiger partial charge in [0.05, 0.1) is 5.69 Å². The maximum absolute atomic E-state index is 11.6. The molecule has 4 aromatic rings. The Balaban J connectivity index is 1.20. The van der Waals surface area contributed by atoms with Crippen LogP contribution in [0.2, 0.25) is 0 Å².